The van der Waals surface area contributed by atoms with Gasteiger partial charge in [-0.05, 0) is 89.0 Å². The lowest BCUT2D eigenvalue weighted by Gasteiger charge is -2.32. The van der Waals surface area contributed by atoms with E-state index < -0.39 is 0 Å². The molecule has 172 valence electrons. The third-order valence-corrected chi connectivity index (χ3v) is 7.83. The van der Waals surface area contributed by atoms with E-state index in [-0.39, 0.29) is 16.8 Å². The van der Waals surface area contributed by atoms with E-state index in [9.17, 15) is 4.79 Å². The van der Waals surface area contributed by atoms with Crippen molar-refractivity contribution in [2.45, 2.75) is 85.5 Å². The van der Waals surface area contributed by atoms with Crippen molar-refractivity contribution >= 4 is 17.6 Å². The SMILES string of the molecule is CCCCc1cc2c(cc1C(C)=Cc1ccc(C(=O)OCC)cc1)C(C)(C)C(C)C2(C)C. The van der Waals surface area contributed by atoms with Gasteiger partial charge in [-0.25, -0.2) is 4.79 Å². The van der Waals surface area contributed by atoms with Gasteiger partial charge >= 0.3 is 5.97 Å². The van der Waals surface area contributed by atoms with Gasteiger partial charge in [0.05, 0.1) is 12.2 Å². The Balaban J connectivity index is 2.04. The lowest BCUT2D eigenvalue weighted by atomic mass is 9.71. The average molecular weight is 433 g/mol. The van der Waals surface area contributed by atoms with E-state index in [4.69, 9.17) is 4.74 Å². The number of fused-ring (bicyclic) bond motifs is 1. The minimum atomic E-state index is -0.265. The lowest BCUT2D eigenvalue weighted by molar-refractivity contribution is 0.0526. The fourth-order valence-corrected chi connectivity index (χ4v) is 5.28. The summed E-state index contributed by atoms with van der Waals surface area (Å²) in [6.07, 6.45) is 5.74. The van der Waals surface area contributed by atoms with E-state index in [1.165, 1.54) is 40.7 Å². The zero-order valence-electron chi connectivity index (χ0n) is 21.3. The molecule has 1 unspecified atom stereocenters. The van der Waals surface area contributed by atoms with Crippen LogP contribution in [0.5, 0.6) is 0 Å². The quantitative estimate of drug-likeness (QED) is 0.327. The Morgan fingerprint density at radius 1 is 1.00 bits per heavy atom. The maximum atomic E-state index is 12.0. The van der Waals surface area contributed by atoms with Crippen LogP contribution in [0.4, 0.5) is 0 Å². The largest absolute Gasteiger partial charge is 0.462 e. The number of benzene rings is 2. The van der Waals surface area contributed by atoms with Crippen LogP contribution in [0, 0.1) is 5.92 Å². The molecule has 32 heavy (non-hydrogen) atoms. The Labute approximate surface area is 195 Å². The van der Waals surface area contributed by atoms with Crippen LogP contribution in [0.25, 0.3) is 11.6 Å². The minimum absolute atomic E-state index is 0.151. The van der Waals surface area contributed by atoms with Crippen molar-refractivity contribution in [1.82, 2.24) is 0 Å². The molecular weight excluding hydrogens is 392 g/mol. The highest BCUT2D eigenvalue weighted by atomic mass is 16.5. The van der Waals surface area contributed by atoms with Gasteiger partial charge in [0, 0.05) is 0 Å². The number of rotatable bonds is 7. The molecule has 1 aliphatic rings. The highest BCUT2D eigenvalue weighted by molar-refractivity contribution is 5.90. The molecular formula is C30H40O2. The highest BCUT2D eigenvalue weighted by Crippen LogP contribution is 2.54. The maximum Gasteiger partial charge on any atom is 0.338 e. The maximum absolute atomic E-state index is 12.0. The first-order valence-electron chi connectivity index (χ1n) is 12.2. The van der Waals surface area contributed by atoms with Gasteiger partial charge in [-0.3, -0.25) is 0 Å². The summed E-state index contributed by atoms with van der Waals surface area (Å²) >= 11 is 0. The zero-order valence-corrected chi connectivity index (χ0v) is 21.3. The van der Waals surface area contributed by atoms with E-state index in [1.54, 1.807) is 0 Å². The molecule has 0 aromatic heterocycles. The van der Waals surface area contributed by atoms with Crippen molar-refractivity contribution in [2.24, 2.45) is 5.92 Å². The van der Waals surface area contributed by atoms with Crippen LogP contribution in [-0.4, -0.2) is 12.6 Å². The van der Waals surface area contributed by atoms with Gasteiger partial charge in [0.15, 0.2) is 0 Å². The molecule has 2 aromatic rings. The van der Waals surface area contributed by atoms with Crippen LogP contribution in [0.15, 0.2) is 36.4 Å². The summed E-state index contributed by atoms with van der Waals surface area (Å²) in [5.74, 6) is 0.318. The number of unbranched alkanes of at least 4 members (excludes halogenated alkanes) is 1. The standard InChI is InChI=1S/C30H40O2/c1-9-11-12-24-18-26-27(30(7,8)21(4)29(26,5)6)19-25(24)20(3)17-22-13-15-23(16-14-22)28(31)32-10-2/h13-19,21H,9-12H2,1-8H3. The molecule has 0 spiro atoms. The van der Waals surface area contributed by atoms with Crippen molar-refractivity contribution in [2.75, 3.05) is 6.61 Å². The Morgan fingerprint density at radius 2 is 1.59 bits per heavy atom. The van der Waals surface area contributed by atoms with Gasteiger partial charge in [-0.1, -0.05) is 78.3 Å². The second kappa shape index (κ2) is 9.25. The van der Waals surface area contributed by atoms with E-state index in [2.05, 4.69) is 66.7 Å². The Hall–Kier alpha value is -2.35. The molecule has 0 radical (unpaired) electrons. The molecule has 1 atom stereocenters. The molecule has 0 bridgehead atoms. The van der Waals surface area contributed by atoms with E-state index in [0.29, 0.717) is 18.1 Å². The fourth-order valence-electron chi connectivity index (χ4n) is 5.28. The molecule has 0 saturated heterocycles. The molecule has 0 fully saturated rings. The zero-order chi connectivity index (χ0) is 23.7. The number of ether oxygens (including phenoxy) is 1. The number of hydrogen-bond acceptors (Lipinski definition) is 2. The predicted octanol–water partition coefficient (Wildman–Crippen LogP) is 7.97. The van der Waals surface area contributed by atoms with Crippen LogP contribution in [-0.2, 0) is 22.0 Å². The van der Waals surface area contributed by atoms with Crippen LogP contribution in [0.2, 0.25) is 0 Å². The van der Waals surface area contributed by atoms with Crippen molar-refractivity contribution in [3.05, 3.63) is 69.8 Å². The average Bonchev–Trinajstić information content (AvgIpc) is 2.89. The number of allylic oxidation sites excluding steroid dienone is 1. The van der Waals surface area contributed by atoms with Gasteiger partial charge in [0.2, 0.25) is 0 Å². The molecule has 0 saturated carbocycles. The van der Waals surface area contributed by atoms with Gasteiger partial charge < -0.3 is 4.74 Å². The van der Waals surface area contributed by atoms with Gasteiger partial charge in [0.25, 0.3) is 0 Å². The lowest BCUT2D eigenvalue weighted by Crippen LogP contribution is -2.30. The molecule has 1 aliphatic carbocycles. The van der Waals surface area contributed by atoms with E-state index >= 15 is 0 Å². The van der Waals surface area contributed by atoms with Crippen molar-refractivity contribution in [1.29, 1.82) is 0 Å². The summed E-state index contributed by atoms with van der Waals surface area (Å²) in [5.41, 5.74) is 9.15. The van der Waals surface area contributed by atoms with Gasteiger partial charge in [0.1, 0.15) is 0 Å². The summed E-state index contributed by atoms with van der Waals surface area (Å²) in [4.78, 5) is 12.0. The summed E-state index contributed by atoms with van der Waals surface area (Å²) < 4.78 is 5.10. The predicted molar refractivity (Wildman–Crippen MR) is 136 cm³/mol. The second-order valence-electron chi connectivity index (χ2n) is 10.5. The minimum Gasteiger partial charge on any atom is -0.462 e. The monoisotopic (exact) mass is 432 g/mol. The normalized spacial score (nSPS) is 19.0. The van der Waals surface area contributed by atoms with Crippen LogP contribution < -0.4 is 0 Å². The Morgan fingerprint density at radius 3 is 2.16 bits per heavy atom. The molecule has 0 aliphatic heterocycles. The third kappa shape index (κ3) is 4.42. The smallest absolute Gasteiger partial charge is 0.338 e. The first-order chi connectivity index (χ1) is 15.0. The number of carbonyl (C=O) groups excluding carboxylic acids is 1. The van der Waals surface area contributed by atoms with Crippen molar-refractivity contribution < 1.29 is 9.53 Å². The second-order valence-corrected chi connectivity index (χ2v) is 10.5. The summed E-state index contributed by atoms with van der Waals surface area (Å²) in [7, 11) is 0. The number of carbonyl (C=O) groups is 1. The summed E-state index contributed by atoms with van der Waals surface area (Å²) in [5, 5.41) is 0. The molecule has 0 heterocycles. The van der Waals surface area contributed by atoms with Crippen LogP contribution >= 0.6 is 0 Å². The van der Waals surface area contributed by atoms with E-state index in [0.717, 1.165) is 12.0 Å². The van der Waals surface area contributed by atoms with Gasteiger partial charge in [-0.2, -0.15) is 0 Å². The number of hydrogen-bond donors (Lipinski definition) is 0. The molecule has 2 nitrogen and oxygen atoms in total. The van der Waals surface area contributed by atoms with Crippen LogP contribution in [0.3, 0.4) is 0 Å². The number of esters is 1. The summed E-state index contributed by atoms with van der Waals surface area (Å²) in [6, 6.07) is 12.7. The molecule has 0 amide bonds. The third-order valence-electron chi connectivity index (χ3n) is 7.83. The van der Waals surface area contributed by atoms with E-state index in [1.807, 2.05) is 31.2 Å². The highest BCUT2D eigenvalue weighted by Gasteiger charge is 2.48. The molecule has 2 aromatic carbocycles. The molecule has 2 heteroatoms. The first kappa shape index (κ1) is 24.3. The Bertz CT molecular complexity index is 1010. The summed E-state index contributed by atoms with van der Waals surface area (Å²) in [6.45, 7) is 18.7. The fraction of sp³-hybridized carbons (Fsp3) is 0.500. The number of aryl methyl sites for hydroxylation is 1. The van der Waals surface area contributed by atoms with Crippen molar-refractivity contribution in [3.63, 3.8) is 0 Å². The van der Waals surface area contributed by atoms with Crippen molar-refractivity contribution in [3.8, 4) is 0 Å². The topological polar surface area (TPSA) is 26.3 Å². The molecule has 3 rings (SSSR count). The van der Waals surface area contributed by atoms with Gasteiger partial charge in [-0.15, -0.1) is 0 Å². The van der Waals surface area contributed by atoms with Crippen LogP contribution in [0.1, 0.15) is 106 Å². The first-order valence-corrected chi connectivity index (χ1v) is 12.2. The molecule has 0 N–H and O–H groups in total. The Kier molecular flexibility index (Phi) is 7.03.